The fourth-order valence-corrected chi connectivity index (χ4v) is 3.20. The second kappa shape index (κ2) is 7.31. The Bertz CT molecular complexity index is 937. The molecular weight excluding hydrogens is 343 g/mol. The highest BCUT2D eigenvalue weighted by Crippen LogP contribution is 2.37. The second-order valence-electron chi connectivity index (χ2n) is 7.00. The van der Waals surface area contributed by atoms with Crippen molar-refractivity contribution in [2.24, 2.45) is 11.8 Å². The van der Waals surface area contributed by atoms with E-state index in [1.54, 1.807) is 24.5 Å². The van der Waals surface area contributed by atoms with Gasteiger partial charge < -0.3 is 5.32 Å². The number of pyridine rings is 1. The van der Waals surface area contributed by atoms with Crippen molar-refractivity contribution in [2.75, 3.05) is 6.54 Å². The third-order valence-electron chi connectivity index (χ3n) is 4.95. The lowest BCUT2D eigenvalue weighted by Crippen LogP contribution is -2.29. The quantitative estimate of drug-likeness (QED) is 0.728. The molecule has 1 fully saturated rings. The van der Waals surface area contributed by atoms with Crippen LogP contribution < -0.4 is 5.32 Å². The van der Waals surface area contributed by atoms with E-state index in [0.29, 0.717) is 19.0 Å². The lowest BCUT2D eigenvalue weighted by Gasteiger charge is -2.08. The van der Waals surface area contributed by atoms with Crippen molar-refractivity contribution >= 4 is 5.91 Å². The zero-order chi connectivity index (χ0) is 18.8. The first kappa shape index (κ1) is 17.4. The van der Waals surface area contributed by atoms with Gasteiger partial charge in [0, 0.05) is 36.0 Å². The molecule has 0 aliphatic heterocycles. The van der Waals surface area contributed by atoms with Gasteiger partial charge in [-0.05, 0) is 54.8 Å². The standard InChI is InChI=1S/C21H21FN4O/c1-14-11-18(14)21(27)24-9-10-26-20(16-3-2-8-23-13-16)12-19(25-26)15-4-6-17(22)7-5-15/h2-8,12-14,18H,9-11H2,1H3,(H,24,27)/t14-,18+/m1/s1. The highest BCUT2D eigenvalue weighted by atomic mass is 19.1. The molecule has 1 aromatic carbocycles. The zero-order valence-corrected chi connectivity index (χ0v) is 15.1. The van der Waals surface area contributed by atoms with Crippen LogP contribution in [0.2, 0.25) is 0 Å². The smallest absolute Gasteiger partial charge is 0.223 e. The van der Waals surface area contributed by atoms with Gasteiger partial charge in [0.05, 0.1) is 17.9 Å². The Morgan fingerprint density at radius 1 is 1.26 bits per heavy atom. The van der Waals surface area contributed by atoms with E-state index in [2.05, 4.69) is 22.3 Å². The first-order chi connectivity index (χ1) is 13.1. The van der Waals surface area contributed by atoms with Gasteiger partial charge in [0.1, 0.15) is 5.82 Å². The third kappa shape index (κ3) is 3.89. The number of benzene rings is 1. The highest BCUT2D eigenvalue weighted by Gasteiger charge is 2.38. The van der Waals surface area contributed by atoms with Crippen molar-refractivity contribution in [3.63, 3.8) is 0 Å². The van der Waals surface area contributed by atoms with Crippen molar-refractivity contribution < 1.29 is 9.18 Å². The number of hydrogen-bond acceptors (Lipinski definition) is 3. The summed E-state index contributed by atoms with van der Waals surface area (Å²) in [6.07, 6.45) is 4.48. The molecule has 0 saturated heterocycles. The number of nitrogens with zero attached hydrogens (tertiary/aromatic N) is 3. The number of hydrogen-bond donors (Lipinski definition) is 1. The monoisotopic (exact) mass is 364 g/mol. The summed E-state index contributed by atoms with van der Waals surface area (Å²) in [5, 5.41) is 7.67. The van der Waals surface area contributed by atoms with Crippen molar-refractivity contribution in [3.8, 4) is 22.5 Å². The zero-order valence-electron chi connectivity index (χ0n) is 15.1. The van der Waals surface area contributed by atoms with E-state index in [4.69, 9.17) is 0 Å². The summed E-state index contributed by atoms with van der Waals surface area (Å²) in [4.78, 5) is 16.2. The molecule has 27 heavy (non-hydrogen) atoms. The summed E-state index contributed by atoms with van der Waals surface area (Å²) in [5.41, 5.74) is 3.46. The SMILES string of the molecule is C[C@@H]1C[C@@H]1C(=O)NCCn1nc(-c2ccc(F)cc2)cc1-c1cccnc1. The van der Waals surface area contributed by atoms with Crippen molar-refractivity contribution in [2.45, 2.75) is 19.9 Å². The van der Waals surface area contributed by atoms with Crippen LogP contribution in [0.15, 0.2) is 54.9 Å². The van der Waals surface area contributed by atoms with E-state index in [1.165, 1.54) is 12.1 Å². The lowest BCUT2D eigenvalue weighted by atomic mass is 10.1. The van der Waals surface area contributed by atoms with Crippen LogP contribution in [0, 0.1) is 17.7 Å². The van der Waals surface area contributed by atoms with E-state index >= 15 is 0 Å². The topological polar surface area (TPSA) is 59.8 Å². The largest absolute Gasteiger partial charge is 0.354 e. The van der Waals surface area contributed by atoms with Gasteiger partial charge in [0.2, 0.25) is 5.91 Å². The molecule has 1 aliphatic rings. The molecule has 4 rings (SSSR count). The molecule has 5 nitrogen and oxygen atoms in total. The van der Waals surface area contributed by atoms with Gasteiger partial charge in [-0.2, -0.15) is 5.10 Å². The maximum absolute atomic E-state index is 13.2. The van der Waals surface area contributed by atoms with Gasteiger partial charge in [0.15, 0.2) is 0 Å². The Morgan fingerprint density at radius 3 is 2.70 bits per heavy atom. The predicted molar refractivity (Wildman–Crippen MR) is 101 cm³/mol. The van der Waals surface area contributed by atoms with Crippen LogP contribution in [0.1, 0.15) is 13.3 Å². The summed E-state index contributed by atoms with van der Waals surface area (Å²) in [6.45, 7) is 3.16. The fraction of sp³-hybridized carbons (Fsp3) is 0.286. The van der Waals surface area contributed by atoms with Crippen LogP contribution >= 0.6 is 0 Å². The number of carbonyl (C=O) groups is 1. The minimum atomic E-state index is -0.275. The number of amides is 1. The third-order valence-corrected chi connectivity index (χ3v) is 4.95. The van der Waals surface area contributed by atoms with Crippen LogP contribution in [-0.2, 0) is 11.3 Å². The van der Waals surface area contributed by atoms with E-state index in [-0.39, 0.29) is 17.6 Å². The van der Waals surface area contributed by atoms with Crippen molar-refractivity contribution in [1.29, 1.82) is 0 Å². The molecule has 0 bridgehead atoms. The van der Waals surface area contributed by atoms with Crippen LogP contribution in [0.3, 0.4) is 0 Å². The molecule has 1 aliphatic carbocycles. The molecule has 0 spiro atoms. The van der Waals surface area contributed by atoms with Crippen LogP contribution in [0.25, 0.3) is 22.5 Å². The van der Waals surface area contributed by atoms with E-state index in [0.717, 1.165) is 28.9 Å². The van der Waals surface area contributed by atoms with Gasteiger partial charge >= 0.3 is 0 Å². The highest BCUT2D eigenvalue weighted by molar-refractivity contribution is 5.81. The molecule has 6 heteroatoms. The fourth-order valence-electron chi connectivity index (χ4n) is 3.20. The minimum Gasteiger partial charge on any atom is -0.354 e. The molecule has 1 amide bonds. The molecule has 0 radical (unpaired) electrons. The number of carbonyl (C=O) groups excluding carboxylic acids is 1. The van der Waals surface area contributed by atoms with Crippen LogP contribution in [0.5, 0.6) is 0 Å². The molecule has 138 valence electrons. The predicted octanol–water partition coefficient (Wildman–Crippen LogP) is 3.52. The summed E-state index contributed by atoms with van der Waals surface area (Å²) in [6, 6.07) is 12.1. The summed E-state index contributed by atoms with van der Waals surface area (Å²) in [7, 11) is 0. The van der Waals surface area contributed by atoms with Gasteiger partial charge in [-0.1, -0.05) is 6.92 Å². The minimum absolute atomic E-state index is 0.122. The molecule has 2 atom stereocenters. The summed E-state index contributed by atoms with van der Waals surface area (Å²) in [5.74, 6) is 0.500. The first-order valence-electron chi connectivity index (χ1n) is 9.14. The number of halogens is 1. The van der Waals surface area contributed by atoms with Crippen LogP contribution in [-0.4, -0.2) is 27.2 Å². The normalized spacial score (nSPS) is 18.3. The van der Waals surface area contributed by atoms with Gasteiger partial charge in [-0.15, -0.1) is 0 Å². The van der Waals surface area contributed by atoms with E-state index in [9.17, 15) is 9.18 Å². The molecule has 2 heterocycles. The van der Waals surface area contributed by atoms with Crippen molar-refractivity contribution in [3.05, 3.63) is 60.7 Å². The van der Waals surface area contributed by atoms with Gasteiger partial charge in [0.25, 0.3) is 0 Å². The summed E-state index contributed by atoms with van der Waals surface area (Å²) >= 11 is 0. The average molecular weight is 364 g/mol. The molecule has 1 N–H and O–H groups in total. The van der Waals surface area contributed by atoms with Gasteiger partial charge in [-0.3, -0.25) is 14.5 Å². The Balaban J connectivity index is 1.56. The Kier molecular flexibility index (Phi) is 4.71. The first-order valence-corrected chi connectivity index (χ1v) is 9.14. The number of nitrogens with one attached hydrogen (secondary N) is 1. The van der Waals surface area contributed by atoms with E-state index in [1.807, 2.05) is 22.9 Å². The second-order valence-corrected chi connectivity index (χ2v) is 7.00. The molecular formula is C21H21FN4O. The molecule has 2 aromatic heterocycles. The van der Waals surface area contributed by atoms with E-state index < -0.39 is 0 Å². The maximum atomic E-state index is 13.2. The van der Waals surface area contributed by atoms with Gasteiger partial charge in [-0.25, -0.2) is 4.39 Å². The lowest BCUT2D eigenvalue weighted by molar-refractivity contribution is -0.122. The Labute approximate surface area is 157 Å². The number of rotatable bonds is 6. The van der Waals surface area contributed by atoms with Crippen molar-refractivity contribution in [1.82, 2.24) is 20.1 Å². The molecule has 3 aromatic rings. The number of aromatic nitrogens is 3. The molecule has 0 unspecified atom stereocenters. The maximum Gasteiger partial charge on any atom is 0.223 e. The average Bonchev–Trinajstić information content (AvgIpc) is 3.27. The molecule has 1 saturated carbocycles. The summed E-state index contributed by atoms with van der Waals surface area (Å²) < 4.78 is 15.1. The van der Waals surface area contributed by atoms with Crippen LogP contribution in [0.4, 0.5) is 4.39 Å². The Morgan fingerprint density at radius 2 is 2.04 bits per heavy atom. The Hall–Kier alpha value is -3.02.